The lowest BCUT2D eigenvalue weighted by Gasteiger charge is -2.26. The van der Waals surface area contributed by atoms with Gasteiger partial charge in [0, 0.05) is 17.3 Å². The summed E-state index contributed by atoms with van der Waals surface area (Å²) in [5.74, 6) is -2.51. The number of sulfone groups is 1. The zero-order chi connectivity index (χ0) is 24.5. The first kappa shape index (κ1) is 23.1. The first-order valence-electron chi connectivity index (χ1n) is 10.2. The summed E-state index contributed by atoms with van der Waals surface area (Å²) in [6.45, 7) is 3.04. The fourth-order valence-corrected chi connectivity index (χ4v) is 5.00. The first-order chi connectivity index (χ1) is 16.2. The fourth-order valence-electron chi connectivity index (χ4n) is 3.70. The molecule has 2 amide bonds. The quantitative estimate of drug-likeness (QED) is 0.566. The summed E-state index contributed by atoms with van der Waals surface area (Å²) in [7, 11) is -4.07. The molecule has 11 heteroatoms. The van der Waals surface area contributed by atoms with E-state index in [2.05, 4.69) is 15.5 Å². The predicted octanol–water partition coefficient (Wildman–Crippen LogP) is 2.21. The lowest BCUT2D eigenvalue weighted by atomic mass is 10.1. The van der Waals surface area contributed by atoms with Crippen molar-refractivity contribution in [3.63, 3.8) is 0 Å². The Kier molecular flexibility index (Phi) is 6.12. The first-order valence-corrected chi connectivity index (χ1v) is 11.8. The molecule has 34 heavy (non-hydrogen) atoms. The van der Waals surface area contributed by atoms with E-state index < -0.39 is 44.6 Å². The molecule has 0 saturated carbocycles. The summed E-state index contributed by atoms with van der Waals surface area (Å²) in [5, 5.41) is 6.44. The van der Waals surface area contributed by atoms with Crippen LogP contribution in [0.3, 0.4) is 0 Å². The smallest absolute Gasteiger partial charge is 0.270 e. The van der Waals surface area contributed by atoms with Crippen molar-refractivity contribution in [2.24, 2.45) is 0 Å². The number of ketones is 1. The van der Waals surface area contributed by atoms with Crippen LogP contribution in [0.1, 0.15) is 11.1 Å². The number of rotatable bonds is 6. The summed E-state index contributed by atoms with van der Waals surface area (Å²) >= 11 is 0. The minimum atomic E-state index is -4.07. The van der Waals surface area contributed by atoms with Crippen molar-refractivity contribution in [2.75, 3.05) is 22.5 Å². The van der Waals surface area contributed by atoms with Crippen molar-refractivity contribution in [3.8, 4) is 11.4 Å². The summed E-state index contributed by atoms with van der Waals surface area (Å²) in [4.78, 5) is 42.4. The molecule has 0 unspecified atom stereocenters. The van der Waals surface area contributed by atoms with Crippen LogP contribution in [0.4, 0.5) is 11.4 Å². The summed E-state index contributed by atoms with van der Waals surface area (Å²) in [6.07, 6.45) is 2.03. The normalized spacial score (nSPS) is 14.5. The van der Waals surface area contributed by atoms with Gasteiger partial charge in [0.15, 0.2) is 15.6 Å². The molecule has 1 aliphatic rings. The molecular weight excluding hydrogens is 460 g/mol. The SMILES string of the molecule is Cc1cccc(C)c1N(CC(=O)Nc1ccc(-c2ncon2)cc1)C(=O)C1=CC(=O)CS1(=O)=O. The molecule has 0 bridgehead atoms. The average molecular weight is 481 g/mol. The Morgan fingerprint density at radius 3 is 2.32 bits per heavy atom. The van der Waals surface area contributed by atoms with Crippen LogP contribution in [-0.4, -0.2) is 48.5 Å². The molecule has 2 aromatic carbocycles. The van der Waals surface area contributed by atoms with E-state index in [1.807, 2.05) is 0 Å². The second-order valence-corrected chi connectivity index (χ2v) is 9.70. The third-order valence-electron chi connectivity index (χ3n) is 5.21. The number of anilines is 2. The fraction of sp³-hybridized carbons (Fsp3) is 0.174. The van der Waals surface area contributed by atoms with Gasteiger partial charge in [-0.3, -0.25) is 19.3 Å². The minimum absolute atomic E-state index is 0.394. The summed E-state index contributed by atoms with van der Waals surface area (Å²) in [5.41, 5.74) is 2.89. The van der Waals surface area contributed by atoms with E-state index >= 15 is 0 Å². The third kappa shape index (κ3) is 4.64. The monoisotopic (exact) mass is 480 g/mol. The number of nitrogens with one attached hydrogen (secondary N) is 1. The van der Waals surface area contributed by atoms with Gasteiger partial charge < -0.3 is 9.84 Å². The maximum absolute atomic E-state index is 13.3. The molecule has 1 aromatic heterocycles. The highest BCUT2D eigenvalue weighted by Gasteiger charge is 2.37. The van der Waals surface area contributed by atoms with Gasteiger partial charge in [0.05, 0.1) is 5.69 Å². The number of aryl methyl sites for hydroxylation is 2. The van der Waals surface area contributed by atoms with E-state index in [1.165, 1.54) is 6.39 Å². The van der Waals surface area contributed by atoms with Gasteiger partial charge in [-0.25, -0.2) is 8.42 Å². The largest absolute Gasteiger partial charge is 0.342 e. The van der Waals surface area contributed by atoms with Crippen molar-refractivity contribution >= 4 is 38.8 Å². The number of amides is 2. The number of carbonyl (C=O) groups excluding carboxylic acids is 3. The predicted molar refractivity (Wildman–Crippen MR) is 124 cm³/mol. The molecule has 0 spiro atoms. The van der Waals surface area contributed by atoms with Crippen LogP contribution < -0.4 is 10.2 Å². The van der Waals surface area contributed by atoms with Gasteiger partial charge in [-0.05, 0) is 49.2 Å². The summed E-state index contributed by atoms with van der Waals surface area (Å²) < 4.78 is 29.5. The molecule has 4 rings (SSSR count). The number of carbonyl (C=O) groups is 3. The molecule has 3 aromatic rings. The number of benzene rings is 2. The van der Waals surface area contributed by atoms with Gasteiger partial charge in [0.2, 0.25) is 18.1 Å². The van der Waals surface area contributed by atoms with Gasteiger partial charge >= 0.3 is 0 Å². The molecule has 10 nitrogen and oxygen atoms in total. The highest BCUT2D eigenvalue weighted by Crippen LogP contribution is 2.29. The topological polar surface area (TPSA) is 140 Å². The Hall–Kier alpha value is -4.12. The number of aromatic nitrogens is 2. The molecule has 0 radical (unpaired) electrons. The summed E-state index contributed by atoms with van der Waals surface area (Å²) in [6, 6.07) is 11.9. The van der Waals surface area contributed by atoms with E-state index in [1.54, 1.807) is 56.3 Å². The minimum Gasteiger partial charge on any atom is -0.342 e. The van der Waals surface area contributed by atoms with Gasteiger partial charge in [-0.15, -0.1) is 0 Å². The van der Waals surface area contributed by atoms with Crippen LogP contribution in [0, 0.1) is 13.8 Å². The number of hydrogen-bond donors (Lipinski definition) is 1. The standard InChI is InChI=1S/C23H20N4O6S/c1-14-4-3-5-15(2)21(14)27(23(30)19-10-18(28)12-34(19,31)32)11-20(29)25-17-8-6-16(7-9-17)22-24-13-33-26-22/h3-10,13H,11-12H2,1-2H3,(H,25,29). The van der Waals surface area contributed by atoms with E-state index in [0.29, 0.717) is 33.9 Å². The molecule has 1 aliphatic heterocycles. The van der Waals surface area contributed by atoms with Crippen molar-refractivity contribution in [3.05, 3.63) is 71.0 Å². The van der Waals surface area contributed by atoms with Gasteiger partial charge in [0.1, 0.15) is 17.2 Å². The maximum Gasteiger partial charge on any atom is 0.270 e. The van der Waals surface area contributed by atoms with Crippen LogP contribution in [0.15, 0.2) is 64.4 Å². The number of allylic oxidation sites excluding steroid dienone is 1. The Balaban J connectivity index is 1.61. The number of para-hydroxylation sites is 1. The second kappa shape index (κ2) is 9.02. The zero-order valence-electron chi connectivity index (χ0n) is 18.3. The van der Waals surface area contributed by atoms with Crippen LogP contribution >= 0.6 is 0 Å². The Morgan fingerprint density at radius 1 is 1.09 bits per heavy atom. The third-order valence-corrected chi connectivity index (χ3v) is 6.84. The van der Waals surface area contributed by atoms with Crippen molar-refractivity contribution < 1.29 is 27.3 Å². The molecule has 1 N–H and O–H groups in total. The molecular formula is C23H20N4O6S. The molecule has 0 fully saturated rings. The Morgan fingerprint density at radius 2 is 1.76 bits per heavy atom. The number of hydrogen-bond acceptors (Lipinski definition) is 8. The van der Waals surface area contributed by atoms with Crippen LogP contribution in [-0.2, 0) is 24.2 Å². The number of nitrogens with zero attached hydrogens (tertiary/aromatic N) is 3. The highest BCUT2D eigenvalue weighted by molar-refractivity contribution is 7.97. The van der Waals surface area contributed by atoms with Crippen LogP contribution in [0.2, 0.25) is 0 Å². The highest BCUT2D eigenvalue weighted by atomic mass is 32.2. The maximum atomic E-state index is 13.3. The van der Waals surface area contributed by atoms with Gasteiger partial charge in [-0.1, -0.05) is 23.4 Å². The molecule has 0 saturated heterocycles. The molecule has 174 valence electrons. The van der Waals surface area contributed by atoms with E-state index in [-0.39, 0.29) is 0 Å². The lowest BCUT2D eigenvalue weighted by molar-refractivity contribution is -0.119. The van der Waals surface area contributed by atoms with Crippen molar-refractivity contribution in [1.29, 1.82) is 0 Å². The molecule has 2 heterocycles. The average Bonchev–Trinajstić information content (AvgIpc) is 3.40. The zero-order valence-corrected chi connectivity index (χ0v) is 19.1. The Labute approximate surface area is 195 Å². The van der Waals surface area contributed by atoms with Crippen molar-refractivity contribution in [1.82, 2.24) is 10.1 Å². The van der Waals surface area contributed by atoms with E-state index in [9.17, 15) is 22.8 Å². The lowest BCUT2D eigenvalue weighted by Crippen LogP contribution is -2.40. The van der Waals surface area contributed by atoms with E-state index in [0.717, 1.165) is 11.0 Å². The van der Waals surface area contributed by atoms with Gasteiger partial charge in [-0.2, -0.15) is 4.98 Å². The van der Waals surface area contributed by atoms with Crippen LogP contribution in [0.5, 0.6) is 0 Å². The molecule has 0 aliphatic carbocycles. The van der Waals surface area contributed by atoms with E-state index in [4.69, 9.17) is 4.52 Å². The molecule has 0 atom stereocenters. The van der Waals surface area contributed by atoms with Crippen LogP contribution in [0.25, 0.3) is 11.4 Å². The second-order valence-electron chi connectivity index (χ2n) is 7.75. The van der Waals surface area contributed by atoms with Gasteiger partial charge in [0.25, 0.3) is 5.91 Å². The van der Waals surface area contributed by atoms with Crippen molar-refractivity contribution in [2.45, 2.75) is 13.8 Å². The Bertz CT molecular complexity index is 1390.